The molecule has 0 aliphatic heterocycles. The first-order chi connectivity index (χ1) is 6.59. The van der Waals surface area contributed by atoms with E-state index in [9.17, 15) is 5.11 Å². The molecule has 0 heterocycles. The highest BCUT2D eigenvalue weighted by molar-refractivity contribution is 4.76. The van der Waals surface area contributed by atoms with Crippen LogP contribution in [0.5, 0.6) is 0 Å². The van der Waals surface area contributed by atoms with Crippen molar-refractivity contribution >= 4 is 0 Å². The van der Waals surface area contributed by atoms with E-state index in [-0.39, 0.29) is 6.10 Å². The molecule has 0 bridgehead atoms. The van der Waals surface area contributed by atoms with Gasteiger partial charge in [-0.2, -0.15) is 0 Å². The van der Waals surface area contributed by atoms with E-state index in [1.54, 1.807) is 0 Å². The molecule has 14 heavy (non-hydrogen) atoms. The van der Waals surface area contributed by atoms with Gasteiger partial charge in [0, 0.05) is 0 Å². The molecule has 0 aromatic rings. The Morgan fingerprint density at radius 3 is 2.64 bits per heavy atom. The molecule has 0 aromatic carbocycles. The fourth-order valence-corrected chi connectivity index (χ4v) is 2.46. The Balaban J connectivity index is 2.25. The maximum absolute atomic E-state index is 10.0. The summed E-state index contributed by atoms with van der Waals surface area (Å²) < 4.78 is 0. The lowest BCUT2D eigenvalue weighted by molar-refractivity contribution is 0.0592. The van der Waals surface area contributed by atoms with Crippen LogP contribution in [0.2, 0.25) is 0 Å². The van der Waals surface area contributed by atoms with Crippen LogP contribution in [-0.2, 0) is 0 Å². The first-order valence-corrected chi connectivity index (χ1v) is 5.92. The van der Waals surface area contributed by atoms with E-state index in [1.165, 1.54) is 25.7 Å². The molecule has 2 nitrogen and oxygen atoms in total. The molecule has 1 aliphatic carbocycles. The maximum atomic E-state index is 10.0. The van der Waals surface area contributed by atoms with Crippen LogP contribution in [0.25, 0.3) is 0 Å². The molecule has 0 amide bonds. The molecule has 1 aliphatic rings. The van der Waals surface area contributed by atoms with Crippen molar-refractivity contribution < 1.29 is 5.11 Å². The Kier molecular flexibility index (Phi) is 4.90. The Morgan fingerprint density at radius 2 is 2.07 bits per heavy atom. The van der Waals surface area contributed by atoms with Gasteiger partial charge in [-0.3, -0.25) is 0 Å². The Hall–Kier alpha value is -0.0800. The van der Waals surface area contributed by atoms with Crippen molar-refractivity contribution in [3.05, 3.63) is 0 Å². The van der Waals surface area contributed by atoms with Gasteiger partial charge in [-0.25, -0.2) is 0 Å². The third-order valence-corrected chi connectivity index (χ3v) is 3.39. The Morgan fingerprint density at radius 1 is 1.36 bits per heavy atom. The van der Waals surface area contributed by atoms with E-state index in [1.807, 2.05) is 0 Å². The summed E-state index contributed by atoms with van der Waals surface area (Å²) >= 11 is 0. The van der Waals surface area contributed by atoms with Crippen LogP contribution in [0.1, 0.15) is 39.0 Å². The molecule has 0 saturated heterocycles. The molecule has 1 fully saturated rings. The first kappa shape index (κ1) is 12.0. The third-order valence-electron chi connectivity index (χ3n) is 3.39. The van der Waals surface area contributed by atoms with Gasteiger partial charge >= 0.3 is 0 Å². The van der Waals surface area contributed by atoms with E-state index < -0.39 is 0 Å². The van der Waals surface area contributed by atoms with Gasteiger partial charge in [-0.15, -0.1) is 0 Å². The second-order valence-corrected chi connectivity index (χ2v) is 5.19. The predicted molar refractivity (Wildman–Crippen MR) is 60.3 cm³/mol. The number of hydrogen-bond donors (Lipinski definition) is 1. The molecule has 0 radical (unpaired) electrons. The average Bonchev–Trinajstić information content (AvgIpc) is 2.14. The third kappa shape index (κ3) is 3.97. The normalized spacial score (nSPS) is 30.6. The van der Waals surface area contributed by atoms with Crippen molar-refractivity contribution in [2.24, 2.45) is 11.8 Å². The SMILES string of the molecule is CC1CCCC(C(O)CCN(C)C)C1. The second-order valence-electron chi connectivity index (χ2n) is 5.19. The van der Waals surface area contributed by atoms with Gasteiger partial charge in [0.25, 0.3) is 0 Å². The largest absolute Gasteiger partial charge is 0.393 e. The zero-order valence-electron chi connectivity index (χ0n) is 9.87. The molecule has 1 saturated carbocycles. The topological polar surface area (TPSA) is 23.5 Å². The van der Waals surface area contributed by atoms with Crippen molar-refractivity contribution in [1.82, 2.24) is 4.90 Å². The van der Waals surface area contributed by atoms with Gasteiger partial charge in [-0.05, 0) is 51.7 Å². The summed E-state index contributed by atoms with van der Waals surface area (Å²) in [6, 6.07) is 0. The highest BCUT2D eigenvalue weighted by atomic mass is 16.3. The van der Waals surface area contributed by atoms with Gasteiger partial charge in [0.1, 0.15) is 0 Å². The number of aliphatic hydroxyl groups excluding tert-OH is 1. The molecule has 3 unspecified atom stereocenters. The highest BCUT2D eigenvalue weighted by Crippen LogP contribution is 2.31. The maximum Gasteiger partial charge on any atom is 0.0580 e. The standard InChI is InChI=1S/C12H25NO/c1-10-5-4-6-11(9-10)12(14)7-8-13(2)3/h10-12,14H,4-9H2,1-3H3. The molecular formula is C12H25NO. The van der Waals surface area contributed by atoms with Crippen LogP contribution in [0.15, 0.2) is 0 Å². The van der Waals surface area contributed by atoms with E-state index in [0.29, 0.717) is 5.92 Å². The van der Waals surface area contributed by atoms with E-state index in [2.05, 4.69) is 25.9 Å². The summed E-state index contributed by atoms with van der Waals surface area (Å²) in [7, 11) is 4.13. The lowest BCUT2D eigenvalue weighted by Crippen LogP contribution is -2.29. The van der Waals surface area contributed by atoms with Crippen molar-refractivity contribution in [3.8, 4) is 0 Å². The predicted octanol–water partition coefficient (Wildman–Crippen LogP) is 2.13. The molecule has 84 valence electrons. The van der Waals surface area contributed by atoms with Crippen LogP contribution in [-0.4, -0.2) is 36.8 Å². The molecule has 3 atom stereocenters. The number of nitrogens with zero attached hydrogens (tertiary/aromatic N) is 1. The lowest BCUT2D eigenvalue weighted by Gasteiger charge is -2.30. The summed E-state index contributed by atoms with van der Waals surface area (Å²) in [5, 5.41) is 10.0. The van der Waals surface area contributed by atoms with Crippen molar-refractivity contribution in [1.29, 1.82) is 0 Å². The van der Waals surface area contributed by atoms with Gasteiger partial charge in [0.15, 0.2) is 0 Å². The zero-order valence-corrected chi connectivity index (χ0v) is 9.87. The van der Waals surface area contributed by atoms with Crippen LogP contribution in [0, 0.1) is 11.8 Å². The minimum absolute atomic E-state index is 0.0693. The van der Waals surface area contributed by atoms with E-state index in [0.717, 1.165) is 18.9 Å². The quantitative estimate of drug-likeness (QED) is 0.749. The average molecular weight is 199 g/mol. The van der Waals surface area contributed by atoms with Crippen LogP contribution >= 0.6 is 0 Å². The number of aliphatic hydroxyl groups is 1. The number of rotatable bonds is 4. The fraction of sp³-hybridized carbons (Fsp3) is 1.00. The van der Waals surface area contributed by atoms with Crippen LogP contribution in [0.4, 0.5) is 0 Å². The van der Waals surface area contributed by atoms with Gasteiger partial charge in [0.2, 0.25) is 0 Å². The molecule has 1 rings (SSSR count). The molecule has 0 spiro atoms. The Bertz CT molecular complexity index is 158. The molecule has 0 aromatic heterocycles. The second kappa shape index (κ2) is 5.72. The first-order valence-electron chi connectivity index (χ1n) is 5.92. The molecular weight excluding hydrogens is 174 g/mol. The van der Waals surface area contributed by atoms with Crippen LogP contribution in [0.3, 0.4) is 0 Å². The number of hydrogen-bond acceptors (Lipinski definition) is 2. The molecule has 1 N–H and O–H groups in total. The smallest absolute Gasteiger partial charge is 0.0580 e. The van der Waals surface area contributed by atoms with Crippen LogP contribution < -0.4 is 0 Å². The summed E-state index contributed by atoms with van der Waals surface area (Å²) in [6.07, 6.45) is 6.00. The summed E-state index contributed by atoms with van der Waals surface area (Å²) in [5.41, 5.74) is 0. The molecule has 2 heteroatoms. The summed E-state index contributed by atoms with van der Waals surface area (Å²) in [5.74, 6) is 1.39. The van der Waals surface area contributed by atoms with Gasteiger partial charge in [-0.1, -0.05) is 19.8 Å². The minimum Gasteiger partial charge on any atom is -0.393 e. The van der Waals surface area contributed by atoms with Crippen molar-refractivity contribution in [2.75, 3.05) is 20.6 Å². The van der Waals surface area contributed by atoms with Gasteiger partial charge in [0.05, 0.1) is 6.10 Å². The van der Waals surface area contributed by atoms with Crippen molar-refractivity contribution in [3.63, 3.8) is 0 Å². The van der Waals surface area contributed by atoms with Crippen molar-refractivity contribution in [2.45, 2.75) is 45.1 Å². The van der Waals surface area contributed by atoms with Gasteiger partial charge < -0.3 is 10.0 Å². The highest BCUT2D eigenvalue weighted by Gasteiger charge is 2.24. The Labute approximate surface area is 88.3 Å². The summed E-state index contributed by atoms with van der Waals surface area (Å²) in [6.45, 7) is 3.32. The lowest BCUT2D eigenvalue weighted by atomic mass is 9.79. The van der Waals surface area contributed by atoms with E-state index >= 15 is 0 Å². The summed E-state index contributed by atoms with van der Waals surface area (Å²) in [4.78, 5) is 2.15. The van der Waals surface area contributed by atoms with E-state index in [4.69, 9.17) is 0 Å². The monoisotopic (exact) mass is 199 g/mol. The minimum atomic E-state index is -0.0693. The fourth-order valence-electron chi connectivity index (χ4n) is 2.46. The zero-order chi connectivity index (χ0) is 10.6.